The molecule has 1 unspecified atom stereocenters. The van der Waals surface area contributed by atoms with Gasteiger partial charge in [-0.3, -0.25) is 4.79 Å². The fourth-order valence-corrected chi connectivity index (χ4v) is 3.34. The molecule has 2 aromatic rings. The number of urea groups is 1. The van der Waals surface area contributed by atoms with Crippen molar-refractivity contribution in [1.82, 2.24) is 10.2 Å². The number of hydrogen-bond acceptors (Lipinski definition) is 2. The third-order valence-corrected chi connectivity index (χ3v) is 4.56. The van der Waals surface area contributed by atoms with Gasteiger partial charge in [-0.15, -0.1) is 0 Å². The van der Waals surface area contributed by atoms with E-state index in [1.807, 2.05) is 55.5 Å². The van der Waals surface area contributed by atoms with Crippen LogP contribution in [0, 0.1) is 6.92 Å². The minimum absolute atomic E-state index is 0.00646. The summed E-state index contributed by atoms with van der Waals surface area (Å²) in [5.41, 5.74) is 4.86. The molecule has 1 N–H and O–H groups in total. The van der Waals surface area contributed by atoms with Crippen LogP contribution in [0.4, 0.5) is 4.79 Å². The van der Waals surface area contributed by atoms with Gasteiger partial charge in [0.2, 0.25) is 0 Å². The minimum atomic E-state index is -0.362. The number of aryl methyl sites for hydroxylation is 1. The summed E-state index contributed by atoms with van der Waals surface area (Å²) in [4.78, 5) is 26.9. The van der Waals surface area contributed by atoms with Crippen molar-refractivity contribution in [2.24, 2.45) is 0 Å². The quantitative estimate of drug-likeness (QED) is 0.879. The number of fused-ring (bicyclic) bond motifs is 2. The monoisotopic (exact) mass is 304 g/mol. The second kappa shape index (κ2) is 4.81. The first-order valence-electron chi connectivity index (χ1n) is 7.56. The van der Waals surface area contributed by atoms with Gasteiger partial charge in [0.1, 0.15) is 0 Å². The number of amides is 2. The molecule has 2 aliphatic rings. The first kappa shape index (κ1) is 13.8. The summed E-state index contributed by atoms with van der Waals surface area (Å²) < 4.78 is 0. The second-order valence-electron chi connectivity index (χ2n) is 6.02. The Morgan fingerprint density at radius 3 is 2.30 bits per heavy atom. The lowest BCUT2D eigenvalue weighted by atomic mass is 9.92. The summed E-state index contributed by atoms with van der Waals surface area (Å²) in [6.45, 7) is 2.02. The largest absolute Gasteiger partial charge is 0.322 e. The highest BCUT2D eigenvalue weighted by molar-refractivity contribution is 6.23. The summed E-state index contributed by atoms with van der Waals surface area (Å²) in [6, 6.07) is 14.8. The van der Waals surface area contributed by atoms with Crippen LogP contribution in [0.2, 0.25) is 0 Å². The number of nitrogens with zero attached hydrogens (tertiary/aromatic N) is 1. The van der Waals surface area contributed by atoms with E-state index in [-0.39, 0.29) is 17.9 Å². The van der Waals surface area contributed by atoms with E-state index in [2.05, 4.69) is 5.32 Å². The molecule has 0 aromatic heterocycles. The maximum Gasteiger partial charge on any atom is 0.322 e. The van der Waals surface area contributed by atoms with E-state index in [0.717, 1.165) is 16.7 Å². The molecule has 0 saturated carbocycles. The smallest absolute Gasteiger partial charge is 0.316 e. The molecule has 0 saturated heterocycles. The second-order valence-corrected chi connectivity index (χ2v) is 6.02. The Morgan fingerprint density at radius 1 is 0.957 bits per heavy atom. The molecule has 2 amide bonds. The molecule has 114 valence electrons. The van der Waals surface area contributed by atoms with Gasteiger partial charge in [0.15, 0.2) is 5.78 Å². The van der Waals surface area contributed by atoms with Gasteiger partial charge in [0.25, 0.3) is 0 Å². The van der Waals surface area contributed by atoms with Gasteiger partial charge in [0.05, 0.1) is 17.3 Å². The molecular weight excluding hydrogens is 288 g/mol. The van der Waals surface area contributed by atoms with Gasteiger partial charge >= 0.3 is 6.03 Å². The van der Waals surface area contributed by atoms with Crippen LogP contribution in [0.1, 0.15) is 33.1 Å². The Morgan fingerprint density at radius 2 is 1.61 bits per heavy atom. The topological polar surface area (TPSA) is 49.4 Å². The Labute approximate surface area is 134 Å². The number of carbonyl (C=O) groups excluding carboxylic acids is 2. The number of hydrogen-bond donors (Lipinski definition) is 1. The molecule has 1 aliphatic heterocycles. The molecule has 0 fully saturated rings. The normalized spacial score (nSPS) is 19.6. The SMILES string of the molecule is Cc1ccc(C2C3=C(NC(=O)N2C)c2ccccc2C3=O)cc1. The lowest BCUT2D eigenvalue weighted by Crippen LogP contribution is -2.44. The Kier molecular flexibility index (Phi) is 2.88. The number of ketones is 1. The highest BCUT2D eigenvalue weighted by atomic mass is 16.2. The van der Waals surface area contributed by atoms with Crippen LogP contribution < -0.4 is 5.32 Å². The summed E-state index contributed by atoms with van der Waals surface area (Å²) in [5, 5.41) is 2.87. The molecule has 4 heteroatoms. The molecule has 0 radical (unpaired) electrons. The predicted molar refractivity (Wildman–Crippen MR) is 87.9 cm³/mol. The van der Waals surface area contributed by atoms with Crippen molar-refractivity contribution in [3.05, 3.63) is 76.4 Å². The van der Waals surface area contributed by atoms with E-state index in [1.54, 1.807) is 11.9 Å². The summed E-state index contributed by atoms with van der Waals surface area (Å²) in [5.74, 6) is -0.00646. The molecule has 2 aromatic carbocycles. The zero-order chi connectivity index (χ0) is 16.1. The standard InChI is InChI=1S/C19H16N2O2/c1-11-7-9-12(10-8-11)17-15-16(20-19(23)21(17)2)13-5-3-4-6-14(13)18(15)22/h3-10,17H,1-2H3,(H,20,23). The van der Waals surface area contributed by atoms with Crippen molar-refractivity contribution in [3.8, 4) is 0 Å². The fourth-order valence-electron chi connectivity index (χ4n) is 3.34. The zero-order valence-corrected chi connectivity index (χ0v) is 13.0. The molecule has 4 nitrogen and oxygen atoms in total. The molecular formula is C19H16N2O2. The Hall–Kier alpha value is -2.88. The van der Waals surface area contributed by atoms with Crippen LogP contribution in [-0.4, -0.2) is 23.8 Å². The van der Waals surface area contributed by atoms with E-state index < -0.39 is 0 Å². The lowest BCUT2D eigenvalue weighted by Gasteiger charge is -2.34. The van der Waals surface area contributed by atoms with Crippen molar-refractivity contribution in [1.29, 1.82) is 0 Å². The maximum absolute atomic E-state index is 12.9. The average molecular weight is 304 g/mol. The molecule has 0 spiro atoms. The van der Waals surface area contributed by atoms with Gasteiger partial charge in [-0.1, -0.05) is 54.1 Å². The van der Waals surface area contributed by atoms with Crippen molar-refractivity contribution < 1.29 is 9.59 Å². The van der Waals surface area contributed by atoms with Gasteiger partial charge in [-0.25, -0.2) is 4.79 Å². The summed E-state index contributed by atoms with van der Waals surface area (Å²) >= 11 is 0. The molecule has 23 heavy (non-hydrogen) atoms. The van der Waals surface area contributed by atoms with Gasteiger partial charge in [-0.05, 0) is 12.5 Å². The predicted octanol–water partition coefficient (Wildman–Crippen LogP) is 3.30. The maximum atomic E-state index is 12.9. The molecule has 1 aliphatic carbocycles. The van der Waals surface area contributed by atoms with E-state index in [9.17, 15) is 9.59 Å². The Bertz CT molecular complexity index is 865. The summed E-state index contributed by atoms with van der Waals surface area (Å²) in [6.07, 6.45) is 0. The van der Waals surface area contributed by atoms with E-state index >= 15 is 0 Å². The van der Waals surface area contributed by atoms with E-state index in [4.69, 9.17) is 0 Å². The number of carbonyl (C=O) groups is 2. The van der Waals surface area contributed by atoms with Crippen molar-refractivity contribution in [3.63, 3.8) is 0 Å². The molecule has 0 bridgehead atoms. The third-order valence-electron chi connectivity index (χ3n) is 4.56. The number of likely N-dealkylation sites (N-methyl/N-ethyl adjacent to an activating group) is 1. The average Bonchev–Trinajstić information content (AvgIpc) is 2.83. The van der Waals surface area contributed by atoms with Gasteiger partial charge in [-0.2, -0.15) is 0 Å². The first-order valence-corrected chi connectivity index (χ1v) is 7.56. The van der Waals surface area contributed by atoms with Gasteiger partial charge in [0, 0.05) is 18.2 Å². The number of rotatable bonds is 1. The zero-order valence-electron chi connectivity index (χ0n) is 13.0. The molecule has 1 heterocycles. The van der Waals surface area contributed by atoms with Crippen LogP contribution >= 0.6 is 0 Å². The van der Waals surface area contributed by atoms with E-state index in [0.29, 0.717) is 16.8 Å². The number of benzene rings is 2. The minimum Gasteiger partial charge on any atom is -0.316 e. The molecule has 1 atom stereocenters. The lowest BCUT2D eigenvalue weighted by molar-refractivity contribution is 0.101. The van der Waals surface area contributed by atoms with Crippen molar-refractivity contribution in [2.75, 3.05) is 7.05 Å². The van der Waals surface area contributed by atoms with Crippen LogP contribution in [0.25, 0.3) is 5.70 Å². The highest BCUT2D eigenvalue weighted by Crippen LogP contribution is 2.42. The highest BCUT2D eigenvalue weighted by Gasteiger charge is 2.42. The fraction of sp³-hybridized carbons (Fsp3) is 0.158. The van der Waals surface area contributed by atoms with Crippen LogP contribution in [0.15, 0.2) is 54.1 Å². The first-order chi connectivity index (χ1) is 11.1. The van der Waals surface area contributed by atoms with Crippen LogP contribution in [0.5, 0.6) is 0 Å². The molecule has 4 rings (SSSR count). The third kappa shape index (κ3) is 1.91. The van der Waals surface area contributed by atoms with Crippen LogP contribution in [0.3, 0.4) is 0 Å². The summed E-state index contributed by atoms with van der Waals surface area (Å²) in [7, 11) is 1.72. The number of Topliss-reactive ketones (excluding diaryl/α,β-unsaturated/α-hetero) is 1. The van der Waals surface area contributed by atoms with Gasteiger partial charge < -0.3 is 10.2 Å². The van der Waals surface area contributed by atoms with Crippen molar-refractivity contribution >= 4 is 17.5 Å². The number of nitrogens with one attached hydrogen (secondary N) is 1. The van der Waals surface area contributed by atoms with E-state index in [1.165, 1.54) is 0 Å². The van der Waals surface area contributed by atoms with Crippen LogP contribution in [-0.2, 0) is 0 Å². The van der Waals surface area contributed by atoms with Crippen molar-refractivity contribution in [2.45, 2.75) is 13.0 Å². The Balaban J connectivity index is 1.92.